The van der Waals surface area contributed by atoms with E-state index in [9.17, 15) is 4.79 Å². The summed E-state index contributed by atoms with van der Waals surface area (Å²) in [7, 11) is 0. The number of halogens is 1. The summed E-state index contributed by atoms with van der Waals surface area (Å²) in [4.78, 5) is 15.9. The van der Waals surface area contributed by atoms with Crippen molar-refractivity contribution in [2.75, 3.05) is 18.8 Å². The number of aromatic amines is 1. The van der Waals surface area contributed by atoms with Crippen LogP contribution < -0.4 is 10.9 Å². The summed E-state index contributed by atoms with van der Waals surface area (Å²) < 4.78 is 1.01. The van der Waals surface area contributed by atoms with Gasteiger partial charge in [-0.05, 0) is 50.0 Å². The van der Waals surface area contributed by atoms with E-state index in [1.54, 1.807) is 0 Å². The van der Waals surface area contributed by atoms with Crippen molar-refractivity contribution in [2.24, 2.45) is 5.92 Å². The number of nitrogens with one attached hydrogen (secondary N) is 2. The molecule has 1 unspecified atom stereocenters. The van der Waals surface area contributed by atoms with Gasteiger partial charge in [0.15, 0.2) is 0 Å². The maximum absolute atomic E-state index is 11.9. The van der Waals surface area contributed by atoms with Crippen molar-refractivity contribution in [1.82, 2.24) is 10.3 Å². The summed E-state index contributed by atoms with van der Waals surface area (Å²) in [5.74, 6) is 1.82. The highest BCUT2D eigenvalue weighted by Gasteiger charge is 2.14. The van der Waals surface area contributed by atoms with Crippen molar-refractivity contribution < 1.29 is 0 Å². The average Bonchev–Trinajstić information content (AvgIpc) is 2.47. The maximum Gasteiger partial charge on any atom is 0.255 e. The molecule has 5 heteroatoms. The average molecular weight is 353 g/mol. The van der Waals surface area contributed by atoms with E-state index in [4.69, 9.17) is 0 Å². The fraction of sp³-hybridized carbons (Fsp3) is 0.400. The molecule has 1 aliphatic heterocycles. The molecule has 2 heterocycles. The van der Waals surface area contributed by atoms with Crippen LogP contribution in [0, 0.1) is 5.92 Å². The van der Waals surface area contributed by atoms with Gasteiger partial charge in [0.25, 0.3) is 5.56 Å². The largest absolute Gasteiger partial charge is 0.327 e. The van der Waals surface area contributed by atoms with E-state index in [0.29, 0.717) is 0 Å². The Hall–Kier alpha value is -0.780. The number of thioether (sulfide) groups is 1. The lowest BCUT2D eigenvalue weighted by Crippen LogP contribution is -2.30. The van der Waals surface area contributed by atoms with Gasteiger partial charge in [-0.25, -0.2) is 0 Å². The second-order valence-corrected chi connectivity index (χ2v) is 7.17. The van der Waals surface area contributed by atoms with E-state index in [2.05, 4.69) is 26.2 Å². The normalized spacial score (nSPS) is 19.4. The molecule has 1 fully saturated rings. The second-order valence-electron chi connectivity index (χ2n) is 5.20. The molecule has 0 saturated carbocycles. The van der Waals surface area contributed by atoms with E-state index >= 15 is 0 Å². The van der Waals surface area contributed by atoms with Crippen molar-refractivity contribution in [3.63, 3.8) is 0 Å². The molecule has 0 bridgehead atoms. The number of H-pyrrole nitrogens is 1. The highest BCUT2D eigenvalue weighted by atomic mass is 79.9. The minimum absolute atomic E-state index is 0.0174. The maximum atomic E-state index is 11.9. The van der Waals surface area contributed by atoms with E-state index in [1.807, 2.05) is 36.2 Å². The molecule has 106 valence electrons. The highest BCUT2D eigenvalue weighted by Crippen LogP contribution is 2.30. The van der Waals surface area contributed by atoms with Crippen LogP contribution in [0.25, 0.3) is 10.8 Å². The summed E-state index contributed by atoms with van der Waals surface area (Å²) in [6.45, 7) is 2.26. The summed E-state index contributed by atoms with van der Waals surface area (Å²) in [6, 6.07) is 5.83. The van der Waals surface area contributed by atoms with Gasteiger partial charge in [-0.2, -0.15) is 0 Å². The molecule has 0 aliphatic carbocycles. The Morgan fingerprint density at radius 2 is 2.25 bits per heavy atom. The molecule has 1 aromatic heterocycles. The molecule has 3 rings (SSSR count). The Labute approximate surface area is 130 Å². The Kier molecular flexibility index (Phi) is 4.48. The predicted octanol–water partition coefficient (Wildman–Crippen LogP) is 3.38. The Bertz CT molecular complexity index is 664. The lowest BCUT2D eigenvalue weighted by atomic mass is 10.0. The molecular formula is C15H17BrN2OS. The van der Waals surface area contributed by atoms with Gasteiger partial charge in [-0.15, -0.1) is 11.8 Å². The molecule has 1 aromatic carbocycles. The third-order valence-corrected chi connectivity index (χ3v) is 5.48. The molecule has 1 saturated heterocycles. The van der Waals surface area contributed by atoms with Crippen LogP contribution in [0.2, 0.25) is 0 Å². The standard InChI is InChI=1S/C15H17BrN2OS/c16-11-3-4-12-13(6-11)14(8-18-15(12)19)20-9-10-2-1-5-17-7-10/h3-4,6,8,10,17H,1-2,5,7,9H2,(H,18,19). The summed E-state index contributed by atoms with van der Waals surface area (Å²) in [6.07, 6.45) is 4.41. The SMILES string of the molecule is O=c1[nH]cc(SCC2CCCNC2)c2cc(Br)ccc12. The molecule has 0 spiro atoms. The van der Waals surface area contributed by atoms with E-state index in [1.165, 1.54) is 12.8 Å². The van der Waals surface area contributed by atoms with Gasteiger partial charge in [-0.1, -0.05) is 15.9 Å². The van der Waals surface area contributed by atoms with Gasteiger partial charge in [0.2, 0.25) is 0 Å². The number of hydrogen-bond acceptors (Lipinski definition) is 3. The summed E-state index contributed by atoms with van der Waals surface area (Å²) in [5.41, 5.74) is -0.0174. The zero-order chi connectivity index (χ0) is 13.9. The van der Waals surface area contributed by atoms with E-state index in [0.717, 1.165) is 44.9 Å². The van der Waals surface area contributed by atoms with Crippen molar-refractivity contribution >= 4 is 38.5 Å². The fourth-order valence-corrected chi connectivity index (χ4v) is 4.13. The third kappa shape index (κ3) is 3.10. The number of aromatic nitrogens is 1. The second kappa shape index (κ2) is 6.33. The Morgan fingerprint density at radius 3 is 3.05 bits per heavy atom. The van der Waals surface area contributed by atoms with Crippen LogP contribution in [0.1, 0.15) is 12.8 Å². The first-order valence-electron chi connectivity index (χ1n) is 6.88. The number of fused-ring (bicyclic) bond motifs is 1. The van der Waals surface area contributed by atoms with Crippen molar-refractivity contribution in [2.45, 2.75) is 17.7 Å². The first kappa shape index (κ1) is 14.2. The molecule has 0 radical (unpaired) electrons. The topological polar surface area (TPSA) is 44.9 Å². The first-order chi connectivity index (χ1) is 9.74. The van der Waals surface area contributed by atoms with Crippen molar-refractivity contribution in [1.29, 1.82) is 0 Å². The van der Waals surface area contributed by atoms with Crippen LogP contribution in [0.3, 0.4) is 0 Å². The summed E-state index contributed by atoms with van der Waals surface area (Å²) >= 11 is 5.33. The Balaban J connectivity index is 1.85. The lowest BCUT2D eigenvalue weighted by Gasteiger charge is -2.22. The smallest absolute Gasteiger partial charge is 0.255 e. The van der Waals surface area contributed by atoms with Gasteiger partial charge in [0.05, 0.1) is 0 Å². The monoisotopic (exact) mass is 352 g/mol. The van der Waals surface area contributed by atoms with Crippen LogP contribution in [0.5, 0.6) is 0 Å². The quantitative estimate of drug-likeness (QED) is 0.832. The molecule has 0 amide bonds. The highest BCUT2D eigenvalue weighted by molar-refractivity contribution is 9.10. The zero-order valence-corrected chi connectivity index (χ0v) is 13.5. The number of benzene rings is 1. The van der Waals surface area contributed by atoms with Gasteiger partial charge in [0.1, 0.15) is 0 Å². The van der Waals surface area contributed by atoms with Crippen LogP contribution in [0.15, 0.2) is 38.6 Å². The van der Waals surface area contributed by atoms with Gasteiger partial charge >= 0.3 is 0 Å². The molecule has 1 atom stereocenters. The van der Waals surface area contributed by atoms with Crippen LogP contribution in [-0.2, 0) is 0 Å². The Morgan fingerprint density at radius 1 is 1.35 bits per heavy atom. The van der Waals surface area contributed by atoms with Gasteiger partial charge in [0, 0.05) is 32.1 Å². The molecule has 2 aromatic rings. The van der Waals surface area contributed by atoms with Crippen LogP contribution >= 0.6 is 27.7 Å². The van der Waals surface area contributed by atoms with E-state index < -0.39 is 0 Å². The number of hydrogen-bond donors (Lipinski definition) is 2. The molecule has 1 aliphatic rings. The van der Waals surface area contributed by atoms with Crippen LogP contribution in [0.4, 0.5) is 0 Å². The fourth-order valence-electron chi connectivity index (χ4n) is 2.60. The van der Waals surface area contributed by atoms with Gasteiger partial charge < -0.3 is 10.3 Å². The zero-order valence-electron chi connectivity index (χ0n) is 11.1. The summed E-state index contributed by atoms with van der Waals surface area (Å²) in [5, 5.41) is 5.25. The van der Waals surface area contributed by atoms with E-state index in [-0.39, 0.29) is 5.56 Å². The molecule has 3 nitrogen and oxygen atoms in total. The van der Waals surface area contributed by atoms with Gasteiger partial charge in [-0.3, -0.25) is 4.79 Å². The first-order valence-corrected chi connectivity index (χ1v) is 8.66. The number of rotatable bonds is 3. The van der Waals surface area contributed by atoms with Crippen LogP contribution in [-0.4, -0.2) is 23.8 Å². The predicted molar refractivity (Wildman–Crippen MR) is 88.6 cm³/mol. The number of pyridine rings is 1. The van der Waals surface area contributed by atoms with Crippen molar-refractivity contribution in [3.8, 4) is 0 Å². The molecule has 2 N–H and O–H groups in total. The molecule has 20 heavy (non-hydrogen) atoms. The lowest BCUT2D eigenvalue weighted by molar-refractivity contribution is 0.410. The minimum atomic E-state index is -0.0174. The van der Waals surface area contributed by atoms with Crippen molar-refractivity contribution in [3.05, 3.63) is 39.2 Å². The molecular weight excluding hydrogens is 336 g/mol. The number of piperidine rings is 1. The third-order valence-electron chi connectivity index (χ3n) is 3.70. The minimum Gasteiger partial charge on any atom is -0.327 e.